The molecule has 0 bridgehead atoms. The Bertz CT molecular complexity index is 435. The highest BCUT2D eigenvalue weighted by Gasteiger charge is 2.19. The van der Waals surface area contributed by atoms with Gasteiger partial charge in [-0.25, -0.2) is 4.68 Å². The Hall–Kier alpha value is -1.43. The Kier molecular flexibility index (Phi) is 5.68. The second-order valence-electron chi connectivity index (χ2n) is 6.62. The SMILES string of the molecule is CC(C)CC(CNCc1cn(C(C)(C)C)nn1)C(=O)O. The molecular weight excluding hydrogens is 256 g/mol. The molecule has 1 aromatic heterocycles. The van der Waals surface area contributed by atoms with E-state index in [2.05, 4.69) is 36.4 Å². The average molecular weight is 282 g/mol. The second kappa shape index (κ2) is 6.83. The highest BCUT2D eigenvalue weighted by atomic mass is 16.4. The molecule has 1 heterocycles. The van der Waals surface area contributed by atoms with Gasteiger partial charge in [0.1, 0.15) is 0 Å². The molecule has 0 saturated heterocycles. The van der Waals surface area contributed by atoms with Crippen LogP contribution in [-0.2, 0) is 16.9 Å². The number of hydrogen-bond acceptors (Lipinski definition) is 4. The van der Waals surface area contributed by atoms with E-state index in [1.54, 1.807) is 0 Å². The van der Waals surface area contributed by atoms with Crippen molar-refractivity contribution in [3.05, 3.63) is 11.9 Å². The van der Waals surface area contributed by atoms with E-state index in [-0.39, 0.29) is 11.5 Å². The van der Waals surface area contributed by atoms with E-state index in [0.29, 0.717) is 25.4 Å². The predicted molar refractivity (Wildman–Crippen MR) is 77.3 cm³/mol. The van der Waals surface area contributed by atoms with Crippen LogP contribution in [0, 0.1) is 11.8 Å². The van der Waals surface area contributed by atoms with Crippen molar-refractivity contribution in [2.24, 2.45) is 11.8 Å². The lowest BCUT2D eigenvalue weighted by Gasteiger charge is -2.17. The number of nitrogens with zero attached hydrogens (tertiary/aromatic N) is 3. The Morgan fingerprint density at radius 1 is 1.45 bits per heavy atom. The minimum absolute atomic E-state index is 0.0908. The quantitative estimate of drug-likeness (QED) is 0.798. The van der Waals surface area contributed by atoms with Gasteiger partial charge in [-0.1, -0.05) is 19.1 Å². The summed E-state index contributed by atoms with van der Waals surface area (Å²) in [6, 6.07) is 0. The minimum Gasteiger partial charge on any atom is -0.481 e. The molecule has 6 nitrogen and oxygen atoms in total. The Balaban J connectivity index is 2.47. The zero-order chi connectivity index (χ0) is 15.3. The summed E-state index contributed by atoms with van der Waals surface area (Å²) in [4.78, 5) is 11.1. The molecule has 0 saturated carbocycles. The van der Waals surface area contributed by atoms with Crippen LogP contribution in [0.5, 0.6) is 0 Å². The van der Waals surface area contributed by atoms with Crippen molar-refractivity contribution in [3.8, 4) is 0 Å². The largest absolute Gasteiger partial charge is 0.481 e. The molecule has 1 unspecified atom stereocenters. The van der Waals surface area contributed by atoms with Gasteiger partial charge in [-0.3, -0.25) is 4.79 Å². The van der Waals surface area contributed by atoms with Crippen LogP contribution in [0.2, 0.25) is 0 Å². The number of carbonyl (C=O) groups is 1. The predicted octanol–water partition coefficient (Wildman–Crippen LogP) is 1.87. The lowest BCUT2D eigenvalue weighted by molar-refractivity contribution is -0.142. The first kappa shape index (κ1) is 16.6. The Morgan fingerprint density at radius 3 is 2.55 bits per heavy atom. The molecule has 1 aromatic rings. The fourth-order valence-electron chi connectivity index (χ4n) is 1.92. The summed E-state index contributed by atoms with van der Waals surface area (Å²) in [7, 11) is 0. The van der Waals surface area contributed by atoms with Crippen molar-refractivity contribution in [1.29, 1.82) is 0 Å². The molecule has 1 rings (SSSR count). The highest BCUT2D eigenvalue weighted by molar-refractivity contribution is 5.70. The summed E-state index contributed by atoms with van der Waals surface area (Å²) in [6.45, 7) is 11.2. The van der Waals surface area contributed by atoms with Crippen LogP contribution in [0.4, 0.5) is 0 Å². The van der Waals surface area contributed by atoms with Gasteiger partial charge in [0.25, 0.3) is 0 Å². The van der Waals surface area contributed by atoms with E-state index in [9.17, 15) is 4.79 Å². The molecule has 20 heavy (non-hydrogen) atoms. The number of aliphatic carboxylic acids is 1. The van der Waals surface area contributed by atoms with Crippen LogP contribution in [0.3, 0.4) is 0 Å². The van der Waals surface area contributed by atoms with E-state index < -0.39 is 5.97 Å². The molecule has 6 heteroatoms. The van der Waals surface area contributed by atoms with Crippen LogP contribution >= 0.6 is 0 Å². The lowest BCUT2D eigenvalue weighted by atomic mass is 9.97. The molecule has 0 aliphatic heterocycles. The van der Waals surface area contributed by atoms with Gasteiger partial charge in [-0.15, -0.1) is 5.10 Å². The van der Waals surface area contributed by atoms with E-state index in [1.165, 1.54) is 0 Å². The zero-order valence-corrected chi connectivity index (χ0v) is 13.1. The molecule has 0 spiro atoms. The molecule has 0 fully saturated rings. The molecule has 114 valence electrons. The maximum absolute atomic E-state index is 11.1. The van der Waals surface area contributed by atoms with Gasteiger partial charge in [0.05, 0.1) is 23.3 Å². The van der Waals surface area contributed by atoms with Crippen LogP contribution < -0.4 is 5.32 Å². The van der Waals surface area contributed by atoms with Crippen LogP contribution in [0.25, 0.3) is 0 Å². The summed E-state index contributed by atoms with van der Waals surface area (Å²) in [5.74, 6) is -0.725. The third kappa shape index (κ3) is 5.28. The fourth-order valence-corrected chi connectivity index (χ4v) is 1.92. The van der Waals surface area contributed by atoms with Crippen molar-refractivity contribution in [2.75, 3.05) is 6.54 Å². The molecule has 0 aliphatic rings. The molecule has 1 atom stereocenters. The molecule has 2 N–H and O–H groups in total. The van der Waals surface area contributed by atoms with Crippen molar-refractivity contribution in [1.82, 2.24) is 20.3 Å². The van der Waals surface area contributed by atoms with Gasteiger partial charge < -0.3 is 10.4 Å². The average Bonchev–Trinajstić information content (AvgIpc) is 2.75. The number of carboxylic acids is 1. The second-order valence-corrected chi connectivity index (χ2v) is 6.62. The van der Waals surface area contributed by atoms with E-state index in [0.717, 1.165) is 5.69 Å². The molecule has 0 radical (unpaired) electrons. The number of hydrogen-bond donors (Lipinski definition) is 2. The van der Waals surface area contributed by atoms with Gasteiger partial charge in [0.15, 0.2) is 0 Å². The zero-order valence-electron chi connectivity index (χ0n) is 13.1. The number of carboxylic acid groups (broad SMARTS) is 1. The van der Waals surface area contributed by atoms with Crippen molar-refractivity contribution < 1.29 is 9.90 Å². The maximum atomic E-state index is 11.1. The molecule has 0 aromatic carbocycles. The van der Waals surface area contributed by atoms with Crippen LogP contribution in [-0.4, -0.2) is 32.6 Å². The lowest BCUT2D eigenvalue weighted by Crippen LogP contribution is -2.29. The third-order valence-corrected chi connectivity index (χ3v) is 3.03. The highest BCUT2D eigenvalue weighted by Crippen LogP contribution is 2.13. The third-order valence-electron chi connectivity index (χ3n) is 3.03. The first-order valence-corrected chi connectivity index (χ1v) is 7.05. The molecule has 0 aliphatic carbocycles. The van der Waals surface area contributed by atoms with Crippen molar-refractivity contribution in [2.45, 2.75) is 53.1 Å². The Labute approximate surface area is 120 Å². The van der Waals surface area contributed by atoms with E-state index >= 15 is 0 Å². The number of aromatic nitrogens is 3. The summed E-state index contributed by atoms with van der Waals surface area (Å²) in [5.41, 5.74) is 0.737. The number of rotatable bonds is 7. The van der Waals surface area contributed by atoms with Gasteiger partial charge in [0.2, 0.25) is 0 Å². The van der Waals surface area contributed by atoms with Crippen LogP contribution in [0.1, 0.15) is 46.7 Å². The van der Waals surface area contributed by atoms with E-state index in [4.69, 9.17) is 5.11 Å². The summed E-state index contributed by atoms with van der Waals surface area (Å²) in [6.07, 6.45) is 2.57. The van der Waals surface area contributed by atoms with Gasteiger partial charge in [-0.2, -0.15) is 0 Å². The van der Waals surface area contributed by atoms with Crippen molar-refractivity contribution in [3.63, 3.8) is 0 Å². The first-order valence-electron chi connectivity index (χ1n) is 7.05. The summed E-state index contributed by atoms with van der Waals surface area (Å²) in [5, 5.41) is 20.5. The molecular formula is C14H26N4O2. The molecule has 0 amide bonds. The maximum Gasteiger partial charge on any atom is 0.307 e. The summed E-state index contributed by atoms with van der Waals surface area (Å²) < 4.78 is 1.81. The van der Waals surface area contributed by atoms with Crippen molar-refractivity contribution >= 4 is 5.97 Å². The fraction of sp³-hybridized carbons (Fsp3) is 0.786. The Morgan fingerprint density at radius 2 is 2.10 bits per heavy atom. The standard InChI is InChI=1S/C14H26N4O2/c1-10(2)6-11(13(19)20)7-15-8-12-9-18(17-16-12)14(3,4)5/h9-11,15H,6-8H2,1-5H3,(H,19,20). The normalized spacial score (nSPS) is 13.7. The smallest absolute Gasteiger partial charge is 0.307 e. The van der Waals surface area contributed by atoms with Gasteiger partial charge in [-0.05, 0) is 33.1 Å². The van der Waals surface area contributed by atoms with Crippen LogP contribution in [0.15, 0.2) is 6.20 Å². The van der Waals surface area contributed by atoms with Gasteiger partial charge in [0, 0.05) is 13.1 Å². The minimum atomic E-state index is -0.746. The first-order chi connectivity index (χ1) is 9.20. The summed E-state index contributed by atoms with van der Waals surface area (Å²) >= 11 is 0. The van der Waals surface area contributed by atoms with Gasteiger partial charge >= 0.3 is 5.97 Å². The monoisotopic (exact) mass is 282 g/mol. The van der Waals surface area contributed by atoms with E-state index in [1.807, 2.05) is 24.7 Å². The number of nitrogens with one attached hydrogen (secondary N) is 1. The topological polar surface area (TPSA) is 80.0 Å².